The van der Waals surface area contributed by atoms with Crippen LogP contribution in [0.5, 0.6) is 0 Å². The molecule has 0 spiro atoms. The molecular formula is C27H30N2O5S. The molecule has 35 heavy (non-hydrogen) atoms. The lowest BCUT2D eigenvalue weighted by molar-refractivity contribution is -0.140. The maximum Gasteiger partial charge on any atom is 0.338 e. The summed E-state index contributed by atoms with van der Waals surface area (Å²) in [6.07, 6.45) is 0. The Morgan fingerprint density at radius 2 is 1.46 bits per heavy atom. The first-order chi connectivity index (χ1) is 16.5. The van der Waals surface area contributed by atoms with Gasteiger partial charge >= 0.3 is 5.97 Å². The summed E-state index contributed by atoms with van der Waals surface area (Å²) >= 11 is 0. The van der Waals surface area contributed by atoms with E-state index in [9.17, 15) is 18.0 Å². The van der Waals surface area contributed by atoms with Crippen molar-refractivity contribution in [1.82, 2.24) is 4.90 Å². The van der Waals surface area contributed by atoms with Gasteiger partial charge in [-0.1, -0.05) is 54.6 Å². The monoisotopic (exact) mass is 494 g/mol. The normalized spacial score (nSPS) is 11.5. The van der Waals surface area contributed by atoms with Crippen LogP contribution in [0.2, 0.25) is 0 Å². The Balaban J connectivity index is 1.72. The zero-order valence-electron chi connectivity index (χ0n) is 20.3. The molecule has 0 atom stereocenters. The van der Waals surface area contributed by atoms with Gasteiger partial charge in [-0.05, 0) is 56.7 Å². The van der Waals surface area contributed by atoms with Gasteiger partial charge in [0.2, 0.25) is 0 Å². The van der Waals surface area contributed by atoms with Gasteiger partial charge in [0, 0.05) is 19.1 Å². The van der Waals surface area contributed by atoms with Crippen molar-refractivity contribution < 1.29 is 22.7 Å². The van der Waals surface area contributed by atoms with E-state index in [1.807, 2.05) is 51.1 Å². The topological polar surface area (TPSA) is 84.0 Å². The minimum absolute atomic E-state index is 0.0469. The maximum absolute atomic E-state index is 13.1. The van der Waals surface area contributed by atoms with Gasteiger partial charge in [-0.3, -0.25) is 9.10 Å². The fraction of sp³-hybridized carbons (Fsp3) is 0.259. The molecule has 0 aliphatic carbocycles. The second kappa shape index (κ2) is 10.7. The van der Waals surface area contributed by atoms with Gasteiger partial charge in [-0.15, -0.1) is 0 Å². The summed E-state index contributed by atoms with van der Waals surface area (Å²) in [4.78, 5) is 27.2. The van der Waals surface area contributed by atoms with Crippen molar-refractivity contribution in [2.24, 2.45) is 0 Å². The molecule has 184 valence electrons. The van der Waals surface area contributed by atoms with Gasteiger partial charge in [0.05, 0.1) is 16.1 Å². The second-order valence-electron chi connectivity index (χ2n) is 9.05. The molecule has 7 nitrogen and oxygen atoms in total. The van der Waals surface area contributed by atoms with Crippen molar-refractivity contribution in [2.45, 2.75) is 37.8 Å². The number of rotatable bonds is 8. The van der Waals surface area contributed by atoms with E-state index < -0.39 is 28.1 Å². The van der Waals surface area contributed by atoms with Gasteiger partial charge in [-0.25, -0.2) is 13.2 Å². The largest absolute Gasteiger partial charge is 0.452 e. The minimum Gasteiger partial charge on any atom is -0.452 e. The van der Waals surface area contributed by atoms with Crippen LogP contribution in [0.15, 0.2) is 89.8 Å². The molecule has 3 aromatic rings. The van der Waals surface area contributed by atoms with Gasteiger partial charge in [0.15, 0.2) is 6.61 Å². The molecule has 0 saturated carbocycles. The van der Waals surface area contributed by atoms with E-state index in [2.05, 4.69) is 0 Å². The highest BCUT2D eigenvalue weighted by Gasteiger charge is 2.28. The average molecular weight is 495 g/mol. The number of carbonyl (C=O) groups excluding carboxylic acids is 2. The van der Waals surface area contributed by atoms with Crippen LogP contribution >= 0.6 is 0 Å². The van der Waals surface area contributed by atoms with Gasteiger partial charge in [0.25, 0.3) is 15.9 Å². The highest BCUT2D eigenvalue weighted by molar-refractivity contribution is 7.92. The van der Waals surface area contributed by atoms with Crippen LogP contribution in [0.4, 0.5) is 5.69 Å². The summed E-state index contributed by atoms with van der Waals surface area (Å²) < 4.78 is 32.5. The van der Waals surface area contributed by atoms with Gasteiger partial charge in [0.1, 0.15) is 0 Å². The number of sulfonamides is 1. The van der Waals surface area contributed by atoms with Crippen LogP contribution in [0.1, 0.15) is 36.7 Å². The summed E-state index contributed by atoms with van der Waals surface area (Å²) in [5, 5.41) is 0. The Morgan fingerprint density at radius 1 is 0.857 bits per heavy atom. The number of esters is 1. The van der Waals surface area contributed by atoms with E-state index >= 15 is 0 Å². The molecule has 0 radical (unpaired) electrons. The quantitative estimate of drug-likeness (QED) is 0.431. The molecule has 8 heteroatoms. The third-order valence-electron chi connectivity index (χ3n) is 5.47. The number of nitrogens with zero attached hydrogens (tertiary/aromatic N) is 2. The minimum atomic E-state index is -3.90. The Bertz CT molecular complexity index is 1270. The van der Waals surface area contributed by atoms with E-state index in [0.717, 1.165) is 9.87 Å². The zero-order valence-corrected chi connectivity index (χ0v) is 21.2. The van der Waals surface area contributed by atoms with Crippen LogP contribution in [0.3, 0.4) is 0 Å². The number of para-hydroxylation sites is 1. The molecule has 0 N–H and O–H groups in total. The lowest BCUT2D eigenvalue weighted by Gasteiger charge is -2.35. The lowest BCUT2D eigenvalue weighted by atomic mass is 10.0. The molecule has 3 rings (SSSR count). The van der Waals surface area contributed by atoms with Crippen LogP contribution in [-0.2, 0) is 26.1 Å². The van der Waals surface area contributed by atoms with Crippen molar-refractivity contribution >= 4 is 27.6 Å². The molecule has 0 bridgehead atoms. The van der Waals surface area contributed by atoms with E-state index in [4.69, 9.17) is 4.74 Å². The molecule has 0 fully saturated rings. The molecule has 0 aliphatic heterocycles. The SMILES string of the molecule is CN(c1ccccc1)S(=O)(=O)c1cccc(C(=O)OCC(=O)N(Cc2ccccc2)C(C)(C)C)c1. The molecule has 3 aromatic carbocycles. The van der Waals surface area contributed by atoms with Gasteiger partial charge in [-0.2, -0.15) is 0 Å². The Hall–Kier alpha value is -3.65. The van der Waals surface area contributed by atoms with Crippen molar-refractivity contribution in [3.8, 4) is 0 Å². The molecule has 0 aromatic heterocycles. The Labute approximate surface area is 207 Å². The predicted molar refractivity (Wildman–Crippen MR) is 136 cm³/mol. The lowest BCUT2D eigenvalue weighted by Crippen LogP contribution is -2.46. The fourth-order valence-electron chi connectivity index (χ4n) is 3.47. The summed E-state index contributed by atoms with van der Waals surface area (Å²) in [6, 6.07) is 23.8. The molecule has 0 saturated heterocycles. The zero-order chi connectivity index (χ0) is 25.6. The number of benzene rings is 3. The molecule has 0 heterocycles. The molecular weight excluding hydrogens is 464 g/mol. The third kappa shape index (κ3) is 6.48. The van der Waals surface area contributed by atoms with Crippen LogP contribution in [0, 0.1) is 0 Å². The predicted octanol–water partition coefficient (Wildman–Crippen LogP) is 4.50. The summed E-state index contributed by atoms with van der Waals surface area (Å²) in [6.45, 7) is 5.65. The highest BCUT2D eigenvalue weighted by atomic mass is 32.2. The fourth-order valence-corrected chi connectivity index (χ4v) is 4.71. The summed E-state index contributed by atoms with van der Waals surface area (Å²) in [5.74, 6) is -1.12. The van der Waals surface area contributed by atoms with E-state index in [1.165, 1.54) is 31.3 Å². The van der Waals surface area contributed by atoms with Crippen molar-refractivity contribution in [3.05, 3.63) is 96.1 Å². The first kappa shape index (κ1) is 26.0. The van der Waals surface area contributed by atoms with Crippen LogP contribution in [-0.4, -0.2) is 44.4 Å². The van der Waals surface area contributed by atoms with E-state index in [-0.39, 0.29) is 16.4 Å². The van der Waals surface area contributed by atoms with Crippen LogP contribution < -0.4 is 4.31 Å². The second-order valence-corrected chi connectivity index (χ2v) is 11.0. The smallest absolute Gasteiger partial charge is 0.338 e. The number of amides is 1. The number of ether oxygens (including phenoxy) is 1. The molecule has 0 unspecified atom stereocenters. The molecule has 0 aliphatic rings. The van der Waals surface area contributed by atoms with E-state index in [1.54, 1.807) is 35.2 Å². The number of hydrogen-bond donors (Lipinski definition) is 0. The van der Waals surface area contributed by atoms with E-state index in [0.29, 0.717) is 12.2 Å². The van der Waals surface area contributed by atoms with Crippen LogP contribution in [0.25, 0.3) is 0 Å². The first-order valence-corrected chi connectivity index (χ1v) is 12.6. The van der Waals surface area contributed by atoms with Crippen molar-refractivity contribution in [1.29, 1.82) is 0 Å². The summed E-state index contributed by atoms with van der Waals surface area (Å²) in [5.41, 5.74) is 1.01. The van der Waals surface area contributed by atoms with Gasteiger partial charge < -0.3 is 9.64 Å². The standard InChI is InChI=1S/C27H30N2O5S/c1-27(2,3)29(19-21-12-7-5-8-13-21)25(30)20-34-26(31)22-14-11-17-24(18-22)35(32,33)28(4)23-15-9-6-10-16-23/h5-18H,19-20H2,1-4H3. The maximum atomic E-state index is 13.1. The number of hydrogen-bond acceptors (Lipinski definition) is 5. The van der Waals surface area contributed by atoms with Crippen molar-refractivity contribution in [3.63, 3.8) is 0 Å². The molecule has 1 amide bonds. The number of anilines is 1. The Morgan fingerprint density at radius 3 is 2.06 bits per heavy atom. The first-order valence-electron chi connectivity index (χ1n) is 11.2. The van der Waals surface area contributed by atoms with Crippen molar-refractivity contribution in [2.75, 3.05) is 18.0 Å². The third-order valence-corrected chi connectivity index (χ3v) is 7.25. The number of carbonyl (C=O) groups is 2. The Kier molecular flexibility index (Phi) is 7.96. The highest BCUT2D eigenvalue weighted by Crippen LogP contribution is 2.23. The average Bonchev–Trinajstić information content (AvgIpc) is 2.85. The summed E-state index contributed by atoms with van der Waals surface area (Å²) in [7, 11) is -2.45.